The van der Waals surface area contributed by atoms with Gasteiger partial charge in [-0.15, -0.1) is 0 Å². The maximum atomic E-state index is 12.8. The number of benzene rings is 1. The number of thioether (sulfide) groups is 1. The largest absolute Gasteiger partial charge is 0.394 e. The summed E-state index contributed by atoms with van der Waals surface area (Å²) in [5.74, 6) is 0.857. The SMILES string of the molecule is OC[C@H](O)CSCc1ccn(-c2ccc(F)cc2)n1. The number of hydrogen-bond acceptors (Lipinski definition) is 4. The molecule has 4 nitrogen and oxygen atoms in total. The van der Waals surface area contributed by atoms with Gasteiger partial charge in [0.15, 0.2) is 0 Å². The number of aliphatic hydroxyl groups is 2. The minimum atomic E-state index is -0.691. The predicted molar refractivity (Wildman–Crippen MR) is 72.8 cm³/mol. The quantitative estimate of drug-likeness (QED) is 0.845. The highest BCUT2D eigenvalue weighted by Crippen LogP contribution is 2.14. The summed E-state index contributed by atoms with van der Waals surface area (Å²) < 4.78 is 14.5. The van der Waals surface area contributed by atoms with Crippen molar-refractivity contribution in [2.45, 2.75) is 11.9 Å². The second-order valence-electron chi connectivity index (χ2n) is 4.08. The van der Waals surface area contributed by atoms with Crippen molar-refractivity contribution in [3.8, 4) is 5.69 Å². The molecule has 1 heterocycles. The number of halogens is 1. The highest BCUT2D eigenvalue weighted by Gasteiger charge is 2.05. The Morgan fingerprint density at radius 2 is 2.00 bits per heavy atom. The molecular formula is C13H15FN2O2S. The first kappa shape index (κ1) is 14.0. The summed E-state index contributed by atoms with van der Waals surface area (Å²) in [5.41, 5.74) is 1.67. The molecule has 0 radical (unpaired) electrons. The second-order valence-corrected chi connectivity index (χ2v) is 5.11. The third kappa shape index (κ3) is 4.05. The minimum Gasteiger partial charge on any atom is -0.394 e. The highest BCUT2D eigenvalue weighted by atomic mass is 32.2. The van der Waals surface area contributed by atoms with E-state index >= 15 is 0 Å². The molecule has 1 atom stereocenters. The van der Waals surface area contributed by atoms with Crippen molar-refractivity contribution in [1.29, 1.82) is 0 Å². The average Bonchev–Trinajstić information content (AvgIpc) is 2.88. The Hall–Kier alpha value is -1.37. The fourth-order valence-corrected chi connectivity index (χ4v) is 2.39. The average molecular weight is 282 g/mol. The van der Waals surface area contributed by atoms with Gasteiger partial charge >= 0.3 is 0 Å². The lowest BCUT2D eigenvalue weighted by Gasteiger charge is -2.05. The van der Waals surface area contributed by atoms with Crippen LogP contribution < -0.4 is 0 Å². The number of nitrogens with zero attached hydrogens (tertiary/aromatic N) is 2. The molecule has 2 aromatic rings. The number of hydrogen-bond donors (Lipinski definition) is 2. The molecule has 19 heavy (non-hydrogen) atoms. The van der Waals surface area contributed by atoms with E-state index in [1.54, 1.807) is 16.8 Å². The van der Waals surface area contributed by atoms with Crippen LogP contribution in [0.15, 0.2) is 36.5 Å². The van der Waals surface area contributed by atoms with Crippen molar-refractivity contribution < 1.29 is 14.6 Å². The Kier molecular flexibility index (Phi) is 4.95. The van der Waals surface area contributed by atoms with Gasteiger partial charge in [0.25, 0.3) is 0 Å². The van der Waals surface area contributed by atoms with Crippen molar-refractivity contribution in [3.05, 3.63) is 48.0 Å². The van der Waals surface area contributed by atoms with Crippen molar-refractivity contribution in [3.63, 3.8) is 0 Å². The summed E-state index contributed by atoms with van der Waals surface area (Å²) in [7, 11) is 0. The molecule has 2 N–H and O–H groups in total. The zero-order valence-corrected chi connectivity index (χ0v) is 11.1. The van der Waals surface area contributed by atoms with Crippen molar-refractivity contribution in [1.82, 2.24) is 9.78 Å². The van der Waals surface area contributed by atoms with Gasteiger partial charge in [-0.2, -0.15) is 16.9 Å². The Bertz CT molecular complexity index is 516. The van der Waals surface area contributed by atoms with Gasteiger partial charge in [-0.1, -0.05) is 0 Å². The van der Waals surface area contributed by atoms with Crippen LogP contribution in [0.25, 0.3) is 5.69 Å². The Balaban J connectivity index is 1.93. The van der Waals surface area contributed by atoms with Crippen LogP contribution in [-0.4, -0.2) is 38.5 Å². The van der Waals surface area contributed by atoms with Crippen LogP contribution in [-0.2, 0) is 5.75 Å². The Morgan fingerprint density at radius 3 is 2.68 bits per heavy atom. The molecule has 0 fully saturated rings. The summed E-state index contributed by atoms with van der Waals surface area (Å²) in [6, 6.07) is 7.98. The van der Waals surface area contributed by atoms with Gasteiger partial charge in [0.05, 0.1) is 24.1 Å². The molecule has 0 aliphatic rings. The first-order valence-electron chi connectivity index (χ1n) is 5.86. The fraction of sp³-hybridized carbons (Fsp3) is 0.308. The number of rotatable bonds is 6. The van der Waals surface area contributed by atoms with Crippen LogP contribution in [0.2, 0.25) is 0 Å². The molecule has 0 saturated heterocycles. The molecule has 1 aromatic heterocycles. The second kappa shape index (κ2) is 6.70. The third-order valence-corrected chi connectivity index (χ3v) is 3.63. The zero-order chi connectivity index (χ0) is 13.7. The van der Waals surface area contributed by atoms with E-state index in [-0.39, 0.29) is 12.4 Å². The molecule has 0 aliphatic heterocycles. The van der Waals surface area contributed by atoms with Crippen LogP contribution in [0.5, 0.6) is 0 Å². The molecule has 0 aliphatic carbocycles. The van der Waals surface area contributed by atoms with Gasteiger partial charge < -0.3 is 10.2 Å². The number of aromatic nitrogens is 2. The molecule has 6 heteroatoms. The van der Waals surface area contributed by atoms with Gasteiger partial charge in [0.2, 0.25) is 0 Å². The van der Waals surface area contributed by atoms with Crippen LogP contribution in [0, 0.1) is 5.82 Å². The zero-order valence-electron chi connectivity index (χ0n) is 10.2. The fourth-order valence-electron chi connectivity index (χ4n) is 1.53. The maximum absolute atomic E-state index is 12.8. The molecule has 0 unspecified atom stereocenters. The van der Waals surface area contributed by atoms with Gasteiger partial charge in [0.1, 0.15) is 5.82 Å². The third-order valence-electron chi connectivity index (χ3n) is 2.51. The first-order valence-corrected chi connectivity index (χ1v) is 7.01. The highest BCUT2D eigenvalue weighted by molar-refractivity contribution is 7.98. The van der Waals surface area contributed by atoms with Gasteiger partial charge in [-0.05, 0) is 30.3 Å². The summed E-state index contributed by atoms with van der Waals surface area (Å²) >= 11 is 1.50. The molecule has 0 amide bonds. The number of aliphatic hydroxyl groups excluding tert-OH is 2. The molecule has 102 valence electrons. The van der Waals surface area contributed by atoms with E-state index in [9.17, 15) is 9.50 Å². The van der Waals surface area contributed by atoms with Gasteiger partial charge in [-0.25, -0.2) is 9.07 Å². The van der Waals surface area contributed by atoms with Gasteiger partial charge in [0, 0.05) is 17.7 Å². The lowest BCUT2D eigenvalue weighted by atomic mass is 10.3. The molecular weight excluding hydrogens is 267 g/mol. The first-order chi connectivity index (χ1) is 9.19. The van der Waals surface area contributed by atoms with Gasteiger partial charge in [-0.3, -0.25) is 0 Å². The lowest BCUT2D eigenvalue weighted by Crippen LogP contribution is -2.14. The topological polar surface area (TPSA) is 58.3 Å². The summed E-state index contributed by atoms with van der Waals surface area (Å²) in [5, 5.41) is 22.3. The van der Waals surface area contributed by atoms with Crippen molar-refractivity contribution >= 4 is 11.8 Å². The van der Waals surface area contributed by atoms with E-state index in [0.29, 0.717) is 11.5 Å². The van der Waals surface area contributed by atoms with Crippen molar-refractivity contribution in [2.24, 2.45) is 0 Å². The van der Waals surface area contributed by atoms with E-state index in [2.05, 4.69) is 5.10 Å². The summed E-state index contributed by atoms with van der Waals surface area (Å²) in [6.07, 6.45) is 1.12. The van der Waals surface area contributed by atoms with E-state index in [1.165, 1.54) is 23.9 Å². The predicted octanol–water partition coefficient (Wildman–Crippen LogP) is 1.60. The van der Waals surface area contributed by atoms with E-state index in [1.807, 2.05) is 12.3 Å². The molecule has 0 bridgehead atoms. The van der Waals surface area contributed by atoms with Crippen molar-refractivity contribution in [2.75, 3.05) is 12.4 Å². The monoisotopic (exact) mass is 282 g/mol. The lowest BCUT2D eigenvalue weighted by molar-refractivity contribution is 0.113. The Labute approximate surface area is 114 Å². The Morgan fingerprint density at radius 1 is 1.26 bits per heavy atom. The summed E-state index contributed by atoms with van der Waals surface area (Å²) in [6.45, 7) is -0.225. The maximum Gasteiger partial charge on any atom is 0.123 e. The molecule has 0 spiro atoms. The van der Waals surface area contributed by atoms with Crippen LogP contribution in [0.1, 0.15) is 5.69 Å². The standard InChI is InChI=1S/C13H15FN2O2S/c14-10-1-3-12(4-2-10)16-6-5-11(15-16)8-19-9-13(18)7-17/h1-6,13,17-18H,7-9H2/t13-/m0/s1. The van der Waals surface area contributed by atoms with Crippen LogP contribution >= 0.6 is 11.8 Å². The van der Waals surface area contributed by atoms with E-state index < -0.39 is 6.10 Å². The van der Waals surface area contributed by atoms with E-state index in [0.717, 1.165) is 11.4 Å². The molecule has 0 saturated carbocycles. The molecule has 2 rings (SSSR count). The van der Waals surface area contributed by atoms with Crippen LogP contribution in [0.4, 0.5) is 4.39 Å². The molecule has 1 aromatic carbocycles. The van der Waals surface area contributed by atoms with Crippen LogP contribution in [0.3, 0.4) is 0 Å². The van der Waals surface area contributed by atoms with E-state index in [4.69, 9.17) is 5.11 Å². The summed E-state index contributed by atoms with van der Waals surface area (Å²) in [4.78, 5) is 0. The minimum absolute atomic E-state index is 0.225. The normalized spacial score (nSPS) is 12.6. The smallest absolute Gasteiger partial charge is 0.123 e.